The lowest BCUT2D eigenvalue weighted by Gasteiger charge is -2.30. The number of nitrogens with two attached hydrogens (primary N) is 1. The molecule has 0 aliphatic carbocycles. The third-order valence-electron chi connectivity index (χ3n) is 3.43. The molecule has 15 heavy (non-hydrogen) atoms. The van der Waals surface area contributed by atoms with Crippen LogP contribution in [0.25, 0.3) is 0 Å². The van der Waals surface area contributed by atoms with Crippen LogP contribution >= 0.6 is 22.6 Å². The fourth-order valence-electron chi connectivity index (χ4n) is 1.90. The molecular formula is C13H20IN. The number of hydrogen-bond acceptors (Lipinski definition) is 1. The summed E-state index contributed by atoms with van der Waals surface area (Å²) < 4.78 is 1.29. The van der Waals surface area contributed by atoms with Gasteiger partial charge in [0.05, 0.1) is 0 Å². The highest BCUT2D eigenvalue weighted by atomic mass is 127. The van der Waals surface area contributed by atoms with Crippen molar-refractivity contribution in [1.29, 1.82) is 0 Å². The van der Waals surface area contributed by atoms with E-state index in [2.05, 4.69) is 60.7 Å². The minimum atomic E-state index is 0.298. The molecule has 0 atom stereocenters. The fourth-order valence-corrected chi connectivity index (χ4v) is 2.26. The van der Waals surface area contributed by atoms with Gasteiger partial charge in [0.15, 0.2) is 0 Å². The Balaban J connectivity index is 2.78. The third kappa shape index (κ3) is 3.45. The Morgan fingerprint density at radius 2 is 1.67 bits per heavy atom. The van der Waals surface area contributed by atoms with E-state index in [1.54, 1.807) is 0 Å². The molecule has 0 aromatic heterocycles. The Kier molecular flexibility index (Phi) is 5.06. The summed E-state index contributed by atoms with van der Waals surface area (Å²) in [5.41, 5.74) is 7.61. The molecule has 1 nitrogen and oxygen atoms in total. The quantitative estimate of drug-likeness (QED) is 0.825. The molecule has 0 spiro atoms. The summed E-state index contributed by atoms with van der Waals surface area (Å²) in [5.74, 6) is 0. The van der Waals surface area contributed by atoms with Crippen LogP contribution in [0.15, 0.2) is 24.3 Å². The van der Waals surface area contributed by atoms with Crippen LogP contribution in [-0.2, 0) is 6.42 Å². The van der Waals surface area contributed by atoms with Crippen LogP contribution in [0.4, 0.5) is 0 Å². The van der Waals surface area contributed by atoms with E-state index in [9.17, 15) is 0 Å². The smallest absolute Gasteiger partial charge is 0.0130 e. The lowest BCUT2D eigenvalue weighted by molar-refractivity contribution is 0.271. The molecule has 0 unspecified atom stereocenters. The van der Waals surface area contributed by atoms with E-state index in [4.69, 9.17) is 5.73 Å². The van der Waals surface area contributed by atoms with Crippen molar-refractivity contribution in [2.75, 3.05) is 6.54 Å². The van der Waals surface area contributed by atoms with Gasteiger partial charge >= 0.3 is 0 Å². The maximum Gasteiger partial charge on any atom is 0.0130 e. The largest absolute Gasteiger partial charge is 0.330 e. The number of hydrogen-bond donors (Lipinski definition) is 1. The van der Waals surface area contributed by atoms with Crippen LogP contribution < -0.4 is 5.73 Å². The molecule has 0 aliphatic heterocycles. The topological polar surface area (TPSA) is 26.0 Å². The first-order chi connectivity index (χ1) is 7.15. The zero-order valence-corrected chi connectivity index (χ0v) is 11.8. The average molecular weight is 317 g/mol. The summed E-state index contributed by atoms with van der Waals surface area (Å²) in [6.45, 7) is 5.26. The van der Waals surface area contributed by atoms with Crippen molar-refractivity contribution in [3.8, 4) is 0 Å². The fraction of sp³-hybridized carbons (Fsp3) is 0.538. The van der Waals surface area contributed by atoms with Crippen molar-refractivity contribution >= 4 is 22.6 Å². The average Bonchev–Trinajstić information content (AvgIpc) is 2.29. The van der Waals surface area contributed by atoms with E-state index in [1.165, 1.54) is 9.13 Å². The number of halogens is 1. The first kappa shape index (κ1) is 13.0. The lowest BCUT2D eigenvalue weighted by Crippen LogP contribution is -2.31. The SMILES string of the molecule is CCC(CC)(CN)Cc1ccc(I)cc1. The zero-order valence-electron chi connectivity index (χ0n) is 9.59. The van der Waals surface area contributed by atoms with E-state index < -0.39 is 0 Å². The zero-order chi connectivity index (χ0) is 11.3. The summed E-state index contributed by atoms with van der Waals surface area (Å²) in [7, 11) is 0. The van der Waals surface area contributed by atoms with Gasteiger partial charge in [-0.05, 0) is 71.5 Å². The molecule has 0 saturated heterocycles. The highest BCUT2D eigenvalue weighted by Gasteiger charge is 2.24. The van der Waals surface area contributed by atoms with Gasteiger partial charge in [0, 0.05) is 3.57 Å². The Bertz CT molecular complexity index is 280. The predicted octanol–water partition coefficient (Wildman–Crippen LogP) is 3.60. The van der Waals surface area contributed by atoms with E-state index >= 15 is 0 Å². The first-order valence-electron chi connectivity index (χ1n) is 5.60. The lowest BCUT2D eigenvalue weighted by atomic mass is 9.77. The molecule has 84 valence electrons. The molecule has 1 rings (SSSR count). The van der Waals surface area contributed by atoms with Crippen LogP contribution in [0, 0.1) is 8.99 Å². The second-order valence-corrected chi connectivity index (χ2v) is 5.46. The normalized spacial score (nSPS) is 11.7. The van der Waals surface area contributed by atoms with Gasteiger partial charge in [0.1, 0.15) is 0 Å². The van der Waals surface area contributed by atoms with Crippen LogP contribution in [0.5, 0.6) is 0 Å². The standard InChI is InChI=1S/C13H20IN/c1-3-13(4-2,10-15)9-11-5-7-12(14)8-6-11/h5-8H,3-4,9-10,15H2,1-2H3. The van der Waals surface area contributed by atoms with Crippen molar-refractivity contribution < 1.29 is 0 Å². The van der Waals surface area contributed by atoms with E-state index in [1.807, 2.05) is 0 Å². The van der Waals surface area contributed by atoms with Crippen molar-refractivity contribution in [3.63, 3.8) is 0 Å². The summed E-state index contributed by atoms with van der Waals surface area (Å²) in [4.78, 5) is 0. The van der Waals surface area contributed by atoms with Gasteiger partial charge in [-0.1, -0.05) is 26.0 Å². The second kappa shape index (κ2) is 5.85. The third-order valence-corrected chi connectivity index (χ3v) is 4.14. The van der Waals surface area contributed by atoms with Crippen molar-refractivity contribution in [2.24, 2.45) is 11.1 Å². The maximum absolute atomic E-state index is 5.91. The first-order valence-corrected chi connectivity index (χ1v) is 6.68. The molecule has 0 heterocycles. The van der Waals surface area contributed by atoms with Gasteiger partial charge in [0.25, 0.3) is 0 Å². The van der Waals surface area contributed by atoms with Crippen molar-refractivity contribution in [1.82, 2.24) is 0 Å². The summed E-state index contributed by atoms with van der Waals surface area (Å²) in [6, 6.07) is 8.78. The molecule has 2 heteroatoms. The number of benzene rings is 1. The molecule has 1 aromatic rings. The van der Waals surface area contributed by atoms with E-state index in [0.717, 1.165) is 25.8 Å². The molecule has 0 bridgehead atoms. The Morgan fingerprint density at radius 1 is 1.13 bits per heavy atom. The van der Waals surface area contributed by atoms with Gasteiger partial charge in [-0.15, -0.1) is 0 Å². The van der Waals surface area contributed by atoms with Gasteiger partial charge in [0.2, 0.25) is 0 Å². The molecule has 0 radical (unpaired) electrons. The van der Waals surface area contributed by atoms with E-state index in [0.29, 0.717) is 5.41 Å². The molecular weight excluding hydrogens is 297 g/mol. The van der Waals surface area contributed by atoms with Crippen LogP contribution in [-0.4, -0.2) is 6.54 Å². The monoisotopic (exact) mass is 317 g/mol. The van der Waals surface area contributed by atoms with Gasteiger partial charge in [-0.25, -0.2) is 0 Å². The van der Waals surface area contributed by atoms with Gasteiger partial charge in [-0.3, -0.25) is 0 Å². The van der Waals surface area contributed by atoms with Crippen molar-refractivity contribution in [3.05, 3.63) is 33.4 Å². The Labute approximate surface area is 107 Å². The highest BCUT2D eigenvalue weighted by Crippen LogP contribution is 2.29. The maximum atomic E-state index is 5.91. The summed E-state index contributed by atoms with van der Waals surface area (Å²) >= 11 is 2.34. The molecule has 1 aromatic carbocycles. The minimum Gasteiger partial charge on any atom is -0.330 e. The van der Waals surface area contributed by atoms with Gasteiger partial charge in [-0.2, -0.15) is 0 Å². The van der Waals surface area contributed by atoms with Crippen molar-refractivity contribution in [2.45, 2.75) is 33.1 Å². The van der Waals surface area contributed by atoms with Crippen LogP contribution in [0.1, 0.15) is 32.3 Å². The second-order valence-electron chi connectivity index (χ2n) is 4.21. The Hall–Kier alpha value is -0.0900. The Morgan fingerprint density at radius 3 is 2.07 bits per heavy atom. The molecule has 0 saturated carbocycles. The molecule has 2 N–H and O–H groups in total. The predicted molar refractivity (Wildman–Crippen MR) is 74.9 cm³/mol. The summed E-state index contributed by atoms with van der Waals surface area (Å²) in [6.07, 6.45) is 3.42. The molecule has 0 amide bonds. The number of rotatable bonds is 5. The molecule has 0 aliphatic rings. The van der Waals surface area contributed by atoms with Crippen LogP contribution in [0.2, 0.25) is 0 Å². The summed E-state index contributed by atoms with van der Waals surface area (Å²) in [5, 5.41) is 0. The molecule has 0 fully saturated rings. The van der Waals surface area contributed by atoms with Crippen LogP contribution in [0.3, 0.4) is 0 Å². The minimum absolute atomic E-state index is 0.298. The highest BCUT2D eigenvalue weighted by molar-refractivity contribution is 14.1. The van der Waals surface area contributed by atoms with Gasteiger partial charge < -0.3 is 5.73 Å². The van der Waals surface area contributed by atoms with E-state index in [-0.39, 0.29) is 0 Å².